The highest BCUT2D eigenvalue weighted by molar-refractivity contribution is 7.94. The lowest BCUT2D eigenvalue weighted by Crippen LogP contribution is -2.18. The second-order valence-electron chi connectivity index (χ2n) is 5.39. The van der Waals surface area contributed by atoms with Crippen molar-refractivity contribution in [2.24, 2.45) is 5.73 Å². The Kier molecular flexibility index (Phi) is 4.36. The number of nitrogens with one attached hydrogen (secondary N) is 1. The van der Waals surface area contributed by atoms with E-state index in [0.717, 1.165) is 22.6 Å². The van der Waals surface area contributed by atoms with E-state index in [9.17, 15) is 13.2 Å². The van der Waals surface area contributed by atoms with Gasteiger partial charge < -0.3 is 10.3 Å². The standard InChI is InChI=1S/C16H15N3O4S2/c1-9-10(2)18-23-15(9)11-7-14(24-8-11)25(21,22)19-13-6-4-3-5-12(13)16(17)20/h3-8,19H,1-2H3,(H2,17,20). The monoisotopic (exact) mass is 377 g/mol. The maximum Gasteiger partial charge on any atom is 0.271 e. The predicted molar refractivity (Wildman–Crippen MR) is 95.1 cm³/mol. The van der Waals surface area contributed by atoms with E-state index in [2.05, 4.69) is 9.88 Å². The number of sulfonamides is 1. The fourth-order valence-corrected chi connectivity index (χ4v) is 4.48. The van der Waals surface area contributed by atoms with Gasteiger partial charge in [-0.1, -0.05) is 17.3 Å². The molecule has 0 saturated heterocycles. The molecule has 0 aliphatic carbocycles. The number of carbonyl (C=O) groups is 1. The molecule has 0 radical (unpaired) electrons. The Bertz CT molecular complexity index is 1050. The topological polar surface area (TPSA) is 115 Å². The van der Waals surface area contributed by atoms with E-state index in [-0.39, 0.29) is 15.5 Å². The summed E-state index contributed by atoms with van der Waals surface area (Å²) >= 11 is 1.05. The predicted octanol–water partition coefficient (Wildman–Crippen LogP) is 2.92. The third-order valence-corrected chi connectivity index (χ3v) is 6.50. The Labute approximate surface area is 148 Å². The fourth-order valence-electron chi connectivity index (χ4n) is 2.24. The van der Waals surface area contributed by atoms with Crippen LogP contribution in [0.5, 0.6) is 0 Å². The van der Waals surface area contributed by atoms with Gasteiger partial charge in [-0.15, -0.1) is 11.3 Å². The second-order valence-corrected chi connectivity index (χ2v) is 8.21. The van der Waals surface area contributed by atoms with Crippen molar-refractivity contribution in [3.8, 4) is 11.3 Å². The summed E-state index contributed by atoms with van der Waals surface area (Å²) in [6.45, 7) is 3.67. The Hall–Kier alpha value is -2.65. The van der Waals surface area contributed by atoms with E-state index in [1.54, 1.807) is 17.5 Å². The quantitative estimate of drug-likeness (QED) is 0.709. The average Bonchev–Trinajstić information content (AvgIpc) is 3.16. The molecule has 0 atom stereocenters. The first-order valence-corrected chi connectivity index (χ1v) is 9.59. The molecule has 25 heavy (non-hydrogen) atoms. The minimum absolute atomic E-state index is 0.0928. The average molecular weight is 377 g/mol. The summed E-state index contributed by atoms with van der Waals surface area (Å²) in [5.74, 6) is -0.175. The van der Waals surface area contributed by atoms with Crippen LogP contribution in [0, 0.1) is 13.8 Å². The van der Waals surface area contributed by atoms with Crippen LogP contribution in [0.3, 0.4) is 0 Å². The summed E-state index contributed by atoms with van der Waals surface area (Å²) in [6, 6.07) is 7.67. The summed E-state index contributed by atoms with van der Waals surface area (Å²) in [6.07, 6.45) is 0. The molecule has 0 aliphatic heterocycles. The van der Waals surface area contributed by atoms with Crippen LogP contribution >= 0.6 is 11.3 Å². The maximum atomic E-state index is 12.6. The zero-order chi connectivity index (χ0) is 18.2. The van der Waals surface area contributed by atoms with Crippen molar-refractivity contribution >= 4 is 33.0 Å². The molecule has 0 aliphatic rings. The Morgan fingerprint density at radius 3 is 2.64 bits per heavy atom. The molecule has 3 N–H and O–H groups in total. The van der Waals surface area contributed by atoms with Gasteiger partial charge in [-0.3, -0.25) is 9.52 Å². The van der Waals surface area contributed by atoms with Crippen LogP contribution in [0.15, 0.2) is 44.4 Å². The molecule has 7 nitrogen and oxygen atoms in total. The number of thiophene rings is 1. The molecular weight excluding hydrogens is 362 g/mol. The SMILES string of the molecule is Cc1noc(-c2csc(S(=O)(=O)Nc3ccccc3C(N)=O)c2)c1C. The normalized spacial score (nSPS) is 11.4. The summed E-state index contributed by atoms with van der Waals surface area (Å²) < 4.78 is 33.0. The van der Waals surface area contributed by atoms with Gasteiger partial charge in [-0.05, 0) is 32.0 Å². The van der Waals surface area contributed by atoms with E-state index >= 15 is 0 Å². The van der Waals surface area contributed by atoms with E-state index in [4.69, 9.17) is 10.3 Å². The minimum atomic E-state index is -3.86. The molecule has 0 bridgehead atoms. The van der Waals surface area contributed by atoms with Crippen LogP contribution in [-0.4, -0.2) is 19.5 Å². The number of aromatic nitrogens is 1. The molecule has 1 amide bonds. The fraction of sp³-hybridized carbons (Fsp3) is 0.125. The smallest absolute Gasteiger partial charge is 0.271 e. The largest absolute Gasteiger partial charge is 0.366 e. The Morgan fingerprint density at radius 1 is 1.28 bits per heavy atom. The Balaban J connectivity index is 1.94. The molecule has 3 rings (SSSR count). The molecule has 3 aromatic rings. The third-order valence-electron chi connectivity index (χ3n) is 3.70. The van der Waals surface area contributed by atoms with Crippen LogP contribution in [0.25, 0.3) is 11.3 Å². The molecule has 0 unspecified atom stereocenters. The van der Waals surface area contributed by atoms with Gasteiger partial charge in [0.2, 0.25) is 0 Å². The van der Waals surface area contributed by atoms with Gasteiger partial charge in [-0.25, -0.2) is 8.42 Å². The van der Waals surface area contributed by atoms with Gasteiger partial charge in [-0.2, -0.15) is 0 Å². The number of hydrogen-bond donors (Lipinski definition) is 2. The third kappa shape index (κ3) is 3.28. The highest BCUT2D eigenvalue weighted by Gasteiger charge is 2.21. The van der Waals surface area contributed by atoms with Crippen molar-refractivity contribution in [2.75, 3.05) is 4.72 Å². The number of para-hydroxylation sites is 1. The maximum absolute atomic E-state index is 12.6. The van der Waals surface area contributed by atoms with Gasteiger partial charge in [0.1, 0.15) is 4.21 Å². The number of anilines is 1. The number of primary amides is 1. The lowest BCUT2D eigenvalue weighted by molar-refractivity contribution is 0.100. The molecule has 0 spiro atoms. The van der Waals surface area contributed by atoms with Gasteiger partial charge in [0.15, 0.2) is 5.76 Å². The highest BCUT2D eigenvalue weighted by atomic mass is 32.2. The number of nitrogens with zero attached hydrogens (tertiary/aromatic N) is 1. The molecule has 0 fully saturated rings. The zero-order valence-electron chi connectivity index (χ0n) is 13.4. The summed E-state index contributed by atoms with van der Waals surface area (Å²) in [5.41, 5.74) is 7.75. The zero-order valence-corrected chi connectivity index (χ0v) is 15.1. The molecule has 2 aromatic heterocycles. The number of carbonyl (C=O) groups excluding carboxylic acids is 1. The highest BCUT2D eigenvalue weighted by Crippen LogP contribution is 2.32. The first-order chi connectivity index (χ1) is 11.8. The molecule has 9 heteroatoms. The Morgan fingerprint density at radius 2 is 2.00 bits per heavy atom. The summed E-state index contributed by atoms with van der Waals surface area (Å²) in [5, 5.41) is 5.56. The van der Waals surface area contributed by atoms with E-state index < -0.39 is 15.9 Å². The van der Waals surface area contributed by atoms with Crippen LogP contribution in [-0.2, 0) is 10.0 Å². The minimum Gasteiger partial charge on any atom is -0.366 e. The van der Waals surface area contributed by atoms with Crippen LogP contribution in [0.2, 0.25) is 0 Å². The molecule has 0 saturated carbocycles. The van der Waals surface area contributed by atoms with Crippen molar-refractivity contribution in [1.29, 1.82) is 0 Å². The van der Waals surface area contributed by atoms with Crippen LogP contribution in [0.1, 0.15) is 21.6 Å². The summed E-state index contributed by atoms with van der Waals surface area (Å²) in [7, 11) is -3.86. The van der Waals surface area contributed by atoms with Gasteiger partial charge in [0.25, 0.3) is 15.9 Å². The lowest BCUT2D eigenvalue weighted by Gasteiger charge is -2.09. The number of benzene rings is 1. The number of nitrogens with two attached hydrogens (primary N) is 1. The van der Waals surface area contributed by atoms with Gasteiger partial charge in [0.05, 0.1) is 16.9 Å². The first-order valence-electron chi connectivity index (χ1n) is 7.23. The van der Waals surface area contributed by atoms with Crippen molar-refractivity contribution in [1.82, 2.24) is 5.16 Å². The second kappa shape index (κ2) is 6.34. The summed E-state index contributed by atoms with van der Waals surface area (Å²) in [4.78, 5) is 11.4. The molecule has 130 valence electrons. The van der Waals surface area contributed by atoms with Crippen molar-refractivity contribution in [3.05, 3.63) is 52.5 Å². The van der Waals surface area contributed by atoms with Crippen molar-refractivity contribution in [3.63, 3.8) is 0 Å². The van der Waals surface area contributed by atoms with Crippen LogP contribution < -0.4 is 10.5 Å². The number of amides is 1. The number of rotatable bonds is 5. The molecule has 1 aromatic carbocycles. The van der Waals surface area contributed by atoms with Crippen molar-refractivity contribution in [2.45, 2.75) is 18.1 Å². The molecular formula is C16H15N3O4S2. The number of aryl methyl sites for hydroxylation is 1. The van der Waals surface area contributed by atoms with Gasteiger partial charge in [0, 0.05) is 16.5 Å². The lowest BCUT2D eigenvalue weighted by atomic mass is 10.1. The van der Waals surface area contributed by atoms with E-state index in [0.29, 0.717) is 11.3 Å². The first kappa shape index (κ1) is 17.2. The van der Waals surface area contributed by atoms with E-state index in [1.807, 2.05) is 13.8 Å². The van der Waals surface area contributed by atoms with Crippen LogP contribution in [0.4, 0.5) is 5.69 Å². The number of hydrogen-bond acceptors (Lipinski definition) is 6. The van der Waals surface area contributed by atoms with Gasteiger partial charge >= 0.3 is 0 Å². The molecule has 2 heterocycles. The van der Waals surface area contributed by atoms with E-state index in [1.165, 1.54) is 18.2 Å². The van der Waals surface area contributed by atoms with Crippen molar-refractivity contribution < 1.29 is 17.7 Å².